The fourth-order valence-electron chi connectivity index (χ4n) is 0.981. The molecule has 0 spiro atoms. The smallest absolute Gasteiger partial charge is 0.272 e. The largest absolute Gasteiger partial charge is 0.488 e. The van der Waals surface area contributed by atoms with Gasteiger partial charge in [-0.2, -0.15) is 0 Å². The summed E-state index contributed by atoms with van der Waals surface area (Å²) in [6.45, 7) is -0.337. The maximum Gasteiger partial charge on any atom is 0.272 e. The highest BCUT2D eigenvalue weighted by molar-refractivity contribution is 6.30. The Bertz CT molecular complexity index is 310. The lowest BCUT2D eigenvalue weighted by atomic mass is 10.2. The maximum atomic E-state index is 11.8. The van der Waals surface area contributed by atoms with Gasteiger partial charge in [-0.3, -0.25) is 0 Å². The molecule has 0 saturated heterocycles. The first-order valence-electron chi connectivity index (χ1n) is 4.02. The summed E-state index contributed by atoms with van der Waals surface area (Å²) in [5.41, 5.74) is 6.13. The minimum atomic E-state index is -2.49. The summed E-state index contributed by atoms with van der Waals surface area (Å²) >= 11 is 5.72. The van der Waals surface area contributed by atoms with Crippen LogP contribution >= 0.6 is 24.0 Å². The van der Waals surface area contributed by atoms with Crippen molar-refractivity contribution >= 4 is 24.0 Å². The maximum absolute atomic E-state index is 11.8. The van der Waals surface area contributed by atoms with E-state index >= 15 is 0 Å². The number of halogens is 4. The van der Waals surface area contributed by atoms with Crippen LogP contribution in [-0.4, -0.2) is 13.0 Å². The molecular formula is C9H11Cl2F2NO. The second-order valence-electron chi connectivity index (χ2n) is 2.70. The number of benzene rings is 1. The van der Waals surface area contributed by atoms with Gasteiger partial charge in [-0.15, -0.1) is 12.4 Å². The van der Waals surface area contributed by atoms with Crippen LogP contribution in [0.1, 0.15) is 5.56 Å². The normalized spacial score (nSPS) is 9.93. The van der Waals surface area contributed by atoms with Crippen molar-refractivity contribution in [3.63, 3.8) is 0 Å². The molecule has 0 aliphatic carbocycles. The van der Waals surface area contributed by atoms with Crippen LogP contribution in [0.4, 0.5) is 8.78 Å². The molecule has 0 atom stereocenters. The van der Waals surface area contributed by atoms with Gasteiger partial charge in [0.25, 0.3) is 6.43 Å². The Labute approximate surface area is 97.8 Å². The summed E-state index contributed by atoms with van der Waals surface area (Å²) in [7, 11) is 0. The lowest BCUT2D eigenvalue weighted by Crippen LogP contribution is -2.07. The van der Waals surface area contributed by atoms with E-state index in [9.17, 15) is 8.78 Å². The van der Waals surface area contributed by atoms with Gasteiger partial charge in [-0.1, -0.05) is 11.6 Å². The Morgan fingerprint density at radius 2 is 2.00 bits per heavy atom. The van der Waals surface area contributed by atoms with Gasteiger partial charge in [0.05, 0.1) is 0 Å². The van der Waals surface area contributed by atoms with E-state index in [1.54, 1.807) is 12.1 Å². The van der Waals surface area contributed by atoms with Crippen molar-refractivity contribution in [2.75, 3.05) is 6.61 Å². The Balaban J connectivity index is 0.00000196. The van der Waals surface area contributed by atoms with Crippen molar-refractivity contribution in [2.24, 2.45) is 5.73 Å². The van der Waals surface area contributed by atoms with E-state index in [-0.39, 0.29) is 12.4 Å². The van der Waals surface area contributed by atoms with Crippen molar-refractivity contribution in [1.29, 1.82) is 0 Å². The van der Waals surface area contributed by atoms with E-state index in [1.807, 2.05) is 0 Å². The van der Waals surface area contributed by atoms with Crippen LogP contribution in [0.2, 0.25) is 5.02 Å². The Hall–Kier alpha value is -0.580. The zero-order valence-electron chi connectivity index (χ0n) is 7.75. The first-order chi connectivity index (χ1) is 6.61. The molecular weight excluding hydrogens is 247 g/mol. The van der Waals surface area contributed by atoms with Gasteiger partial charge >= 0.3 is 0 Å². The van der Waals surface area contributed by atoms with Gasteiger partial charge in [0.2, 0.25) is 0 Å². The molecule has 15 heavy (non-hydrogen) atoms. The molecule has 86 valence electrons. The molecule has 0 fully saturated rings. The van der Waals surface area contributed by atoms with Gasteiger partial charge in [-0.25, -0.2) is 8.78 Å². The molecule has 0 amide bonds. The van der Waals surface area contributed by atoms with Gasteiger partial charge in [0.1, 0.15) is 12.4 Å². The number of alkyl halides is 2. The lowest BCUT2D eigenvalue weighted by Gasteiger charge is -2.07. The summed E-state index contributed by atoms with van der Waals surface area (Å²) in [6.07, 6.45) is -2.49. The van der Waals surface area contributed by atoms with Crippen LogP contribution < -0.4 is 10.5 Å². The van der Waals surface area contributed by atoms with Crippen LogP contribution in [0.15, 0.2) is 18.2 Å². The van der Waals surface area contributed by atoms with E-state index in [1.165, 1.54) is 6.07 Å². The van der Waals surface area contributed by atoms with Gasteiger partial charge in [-0.05, 0) is 23.8 Å². The molecule has 1 aromatic carbocycles. The Morgan fingerprint density at radius 1 is 1.33 bits per heavy atom. The molecule has 6 heteroatoms. The van der Waals surface area contributed by atoms with Crippen LogP contribution in [0, 0.1) is 0 Å². The SMILES string of the molecule is Cl.NCc1cc(Cl)cc(OCC(F)F)c1. The van der Waals surface area contributed by atoms with E-state index in [4.69, 9.17) is 22.1 Å². The quantitative estimate of drug-likeness (QED) is 0.901. The van der Waals surface area contributed by atoms with E-state index < -0.39 is 13.0 Å². The highest BCUT2D eigenvalue weighted by atomic mass is 35.5. The zero-order chi connectivity index (χ0) is 10.6. The topological polar surface area (TPSA) is 35.2 Å². The monoisotopic (exact) mass is 257 g/mol. The minimum absolute atomic E-state index is 0. The molecule has 1 aromatic rings. The number of hydrogen-bond acceptors (Lipinski definition) is 2. The molecule has 1 rings (SSSR count). The highest BCUT2D eigenvalue weighted by Crippen LogP contribution is 2.21. The molecule has 0 aliphatic heterocycles. The summed E-state index contributed by atoms with van der Waals surface area (Å²) in [5.74, 6) is 0.318. The number of ether oxygens (including phenoxy) is 1. The predicted octanol–water partition coefficient (Wildman–Crippen LogP) is 2.86. The van der Waals surface area contributed by atoms with E-state index in [0.29, 0.717) is 17.3 Å². The van der Waals surface area contributed by atoms with Crippen LogP contribution in [-0.2, 0) is 6.54 Å². The molecule has 0 heterocycles. The third kappa shape index (κ3) is 5.16. The lowest BCUT2D eigenvalue weighted by molar-refractivity contribution is 0.0819. The van der Waals surface area contributed by atoms with Crippen molar-refractivity contribution in [2.45, 2.75) is 13.0 Å². The third-order valence-electron chi connectivity index (χ3n) is 1.54. The van der Waals surface area contributed by atoms with Crippen molar-refractivity contribution < 1.29 is 13.5 Å². The summed E-state index contributed by atoms with van der Waals surface area (Å²) in [4.78, 5) is 0. The van der Waals surface area contributed by atoms with Gasteiger partial charge < -0.3 is 10.5 Å². The molecule has 0 aromatic heterocycles. The molecule has 2 nitrogen and oxygen atoms in total. The fourth-order valence-corrected chi connectivity index (χ4v) is 1.23. The highest BCUT2D eigenvalue weighted by Gasteiger charge is 2.05. The third-order valence-corrected chi connectivity index (χ3v) is 1.76. The van der Waals surface area contributed by atoms with E-state index in [0.717, 1.165) is 5.56 Å². The second kappa shape index (κ2) is 6.82. The van der Waals surface area contributed by atoms with Crippen molar-refractivity contribution in [3.05, 3.63) is 28.8 Å². The molecule has 0 unspecified atom stereocenters. The second-order valence-corrected chi connectivity index (χ2v) is 3.14. The number of nitrogens with two attached hydrogens (primary N) is 1. The average molecular weight is 258 g/mol. The fraction of sp³-hybridized carbons (Fsp3) is 0.333. The van der Waals surface area contributed by atoms with Crippen molar-refractivity contribution in [1.82, 2.24) is 0 Å². The predicted molar refractivity (Wildman–Crippen MR) is 58.1 cm³/mol. The number of hydrogen-bond donors (Lipinski definition) is 1. The zero-order valence-corrected chi connectivity index (χ0v) is 9.32. The van der Waals surface area contributed by atoms with E-state index in [2.05, 4.69) is 0 Å². The first-order valence-corrected chi connectivity index (χ1v) is 4.40. The van der Waals surface area contributed by atoms with Crippen LogP contribution in [0.3, 0.4) is 0 Å². The standard InChI is InChI=1S/C9H10ClF2NO.ClH/c10-7-1-6(4-13)2-8(3-7)14-5-9(11)12;/h1-3,9H,4-5,13H2;1H. The van der Waals surface area contributed by atoms with Gasteiger partial charge in [0.15, 0.2) is 0 Å². The van der Waals surface area contributed by atoms with Crippen LogP contribution in [0.5, 0.6) is 5.75 Å². The first kappa shape index (κ1) is 14.4. The Morgan fingerprint density at radius 3 is 2.53 bits per heavy atom. The Kier molecular flexibility index (Phi) is 6.56. The average Bonchev–Trinajstić information content (AvgIpc) is 2.14. The summed E-state index contributed by atoms with van der Waals surface area (Å²) in [5, 5.41) is 0.428. The molecule has 0 saturated carbocycles. The minimum Gasteiger partial charge on any atom is -0.488 e. The molecule has 2 N–H and O–H groups in total. The molecule has 0 radical (unpaired) electrons. The molecule has 0 aliphatic rings. The number of rotatable bonds is 4. The van der Waals surface area contributed by atoms with Crippen LogP contribution in [0.25, 0.3) is 0 Å². The van der Waals surface area contributed by atoms with Gasteiger partial charge in [0, 0.05) is 11.6 Å². The molecule has 0 bridgehead atoms. The van der Waals surface area contributed by atoms with Crippen molar-refractivity contribution in [3.8, 4) is 5.75 Å². The summed E-state index contributed by atoms with van der Waals surface area (Å²) < 4.78 is 28.4. The summed E-state index contributed by atoms with van der Waals surface area (Å²) in [6, 6.07) is 4.73.